The minimum Gasteiger partial charge on any atom is -0.368 e. The fourth-order valence-corrected chi connectivity index (χ4v) is 4.44. The number of alkyl halides is 3. The summed E-state index contributed by atoms with van der Waals surface area (Å²) in [5, 5.41) is 3.17. The van der Waals surface area contributed by atoms with Crippen LogP contribution in [0.25, 0.3) is 5.57 Å². The van der Waals surface area contributed by atoms with Crippen molar-refractivity contribution in [3.8, 4) is 0 Å². The Morgan fingerprint density at radius 2 is 1.94 bits per heavy atom. The van der Waals surface area contributed by atoms with Crippen LogP contribution in [-0.4, -0.2) is 35.6 Å². The van der Waals surface area contributed by atoms with Crippen LogP contribution in [-0.2, 0) is 11.3 Å². The van der Waals surface area contributed by atoms with Gasteiger partial charge in [0.25, 0.3) is 0 Å². The van der Waals surface area contributed by atoms with Gasteiger partial charge in [-0.25, -0.2) is 4.39 Å². The normalized spacial score (nSPS) is 23.8. The first-order chi connectivity index (χ1) is 15.0. The number of nitrogens with one attached hydrogen (secondary N) is 1. The summed E-state index contributed by atoms with van der Waals surface area (Å²) in [4.78, 5) is 14.0. The molecule has 2 aliphatic heterocycles. The summed E-state index contributed by atoms with van der Waals surface area (Å²) in [6.07, 6.45) is -1.80. The number of benzene rings is 2. The Kier molecular flexibility index (Phi) is 5.75. The molecule has 1 fully saturated rings. The summed E-state index contributed by atoms with van der Waals surface area (Å²) < 4.78 is 52.9. The van der Waals surface area contributed by atoms with Crippen LogP contribution in [0.4, 0.5) is 23.2 Å². The van der Waals surface area contributed by atoms with Gasteiger partial charge in [-0.1, -0.05) is 24.3 Å². The minimum atomic E-state index is -4.19. The van der Waals surface area contributed by atoms with Gasteiger partial charge in [-0.05, 0) is 67.3 Å². The van der Waals surface area contributed by atoms with E-state index >= 15 is 0 Å². The SMILES string of the molecule is CC1(C(N)=O)C=C(c2ccc(F)cc2)c2ccc(CN3CCCC(C(F)(F)F)C3)cc2N1. The Bertz CT molecular complexity index is 1050. The van der Waals surface area contributed by atoms with E-state index in [4.69, 9.17) is 5.73 Å². The molecule has 1 saturated heterocycles. The summed E-state index contributed by atoms with van der Waals surface area (Å²) in [6.45, 7) is 2.63. The molecule has 4 nitrogen and oxygen atoms in total. The molecule has 0 aliphatic carbocycles. The fourth-order valence-electron chi connectivity index (χ4n) is 4.44. The number of nitrogens with two attached hydrogens (primary N) is 1. The standard InChI is InChI=1S/C24H25F4N3O/c1-23(22(29)32)12-20(16-5-7-18(25)8-6-16)19-9-4-15(11-21(19)30-23)13-31-10-2-3-17(14-31)24(26,27)28/h4-9,11-12,17,30H,2-3,10,13-14H2,1H3,(H2,29,32). The first-order valence-corrected chi connectivity index (χ1v) is 10.5. The molecule has 0 aromatic heterocycles. The summed E-state index contributed by atoms with van der Waals surface area (Å²) in [6, 6.07) is 11.6. The third-order valence-electron chi connectivity index (χ3n) is 6.24. The van der Waals surface area contributed by atoms with Gasteiger partial charge in [-0.2, -0.15) is 13.2 Å². The molecular formula is C24H25F4N3O. The molecule has 3 N–H and O–H groups in total. The van der Waals surface area contributed by atoms with Crippen molar-refractivity contribution in [3.05, 3.63) is 71.0 Å². The zero-order chi connectivity index (χ0) is 23.1. The predicted octanol–water partition coefficient (Wildman–Crippen LogP) is 4.70. The molecule has 1 amide bonds. The minimum absolute atomic E-state index is 0.0201. The third-order valence-corrected chi connectivity index (χ3v) is 6.24. The van der Waals surface area contributed by atoms with Gasteiger partial charge in [0.15, 0.2) is 0 Å². The number of piperidine rings is 1. The number of fused-ring (bicyclic) bond motifs is 1. The lowest BCUT2D eigenvalue weighted by molar-refractivity contribution is -0.187. The van der Waals surface area contributed by atoms with Crippen LogP contribution >= 0.6 is 0 Å². The molecular weight excluding hydrogens is 422 g/mol. The molecule has 0 bridgehead atoms. The lowest BCUT2D eigenvalue weighted by atomic mass is 9.84. The lowest BCUT2D eigenvalue weighted by Gasteiger charge is -2.35. The Balaban J connectivity index is 1.64. The maximum Gasteiger partial charge on any atom is 0.393 e. The van der Waals surface area contributed by atoms with Gasteiger partial charge >= 0.3 is 6.18 Å². The van der Waals surface area contributed by atoms with Crippen molar-refractivity contribution in [1.82, 2.24) is 4.90 Å². The van der Waals surface area contributed by atoms with Crippen LogP contribution in [0.5, 0.6) is 0 Å². The molecule has 0 saturated carbocycles. The number of carbonyl (C=O) groups is 1. The van der Waals surface area contributed by atoms with E-state index in [1.54, 1.807) is 25.1 Å². The first-order valence-electron chi connectivity index (χ1n) is 10.5. The quantitative estimate of drug-likeness (QED) is 0.668. The fraction of sp³-hybridized carbons (Fsp3) is 0.375. The molecule has 32 heavy (non-hydrogen) atoms. The van der Waals surface area contributed by atoms with E-state index in [0.29, 0.717) is 25.2 Å². The van der Waals surface area contributed by atoms with Gasteiger partial charge in [0.1, 0.15) is 11.4 Å². The van der Waals surface area contributed by atoms with Crippen LogP contribution in [0.15, 0.2) is 48.5 Å². The molecule has 0 spiro atoms. The van der Waals surface area contributed by atoms with Crippen LogP contribution < -0.4 is 11.1 Å². The molecule has 2 aliphatic rings. The van der Waals surface area contributed by atoms with Crippen molar-refractivity contribution in [2.24, 2.45) is 11.7 Å². The second kappa shape index (κ2) is 8.24. The van der Waals surface area contributed by atoms with Gasteiger partial charge in [-0.3, -0.25) is 9.69 Å². The van der Waals surface area contributed by atoms with Crippen molar-refractivity contribution < 1.29 is 22.4 Å². The molecule has 4 rings (SSSR count). The smallest absolute Gasteiger partial charge is 0.368 e. The van der Waals surface area contributed by atoms with Crippen molar-refractivity contribution in [2.45, 2.75) is 38.0 Å². The zero-order valence-corrected chi connectivity index (χ0v) is 17.7. The van der Waals surface area contributed by atoms with Gasteiger partial charge in [-0.15, -0.1) is 0 Å². The van der Waals surface area contributed by atoms with E-state index in [1.165, 1.54) is 12.1 Å². The number of primary amides is 1. The molecule has 170 valence electrons. The summed E-state index contributed by atoms with van der Waals surface area (Å²) in [5.74, 6) is -2.24. The maximum absolute atomic E-state index is 13.4. The highest BCUT2D eigenvalue weighted by molar-refractivity contribution is 5.99. The van der Waals surface area contributed by atoms with E-state index in [0.717, 1.165) is 22.3 Å². The summed E-state index contributed by atoms with van der Waals surface area (Å²) in [5.41, 5.74) is 8.27. The molecule has 2 aromatic rings. The Labute approximate surface area is 184 Å². The van der Waals surface area contributed by atoms with Gasteiger partial charge < -0.3 is 11.1 Å². The van der Waals surface area contributed by atoms with E-state index in [9.17, 15) is 22.4 Å². The Morgan fingerprint density at radius 1 is 1.22 bits per heavy atom. The average molecular weight is 447 g/mol. The van der Waals surface area contributed by atoms with Crippen molar-refractivity contribution in [3.63, 3.8) is 0 Å². The average Bonchev–Trinajstić information content (AvgIpc) is 2.73. The zero-order valence-electron chi connectivity index (χ0n) is 17.7. The second-order valence-corrected chi connectivity index (χ2v) is 8.75. The molecule has 8 heteroatoms. The molecule has 0 radical (unpaired) electrons. The molecule has 2 atom stereocenters. The highest BCUT2D eigenvalue weighted by Gasteiger charge is 2.41. The van der Waals surface area contributed by atoms with Gasteiger partial charge in [0.2, 0.25) is 5.91 Å². The predicted molar refractivity (Wildman–Crippen MR) is 115 cm³/mol. The molecule has 2 heterocycles. The van der Waals surface area contributed by atoms with E-state index in [2.05, 4.69) is 5.32 Å². The van der Waals surface area contributed by atoms with E-state index in [-0.39, 0.29) is 18.8 Å². The number of carbonyl (C=O) groups excluding carboxylic acids is 1. The highest BCUT2D eigenvalue weighted by atomic mass is 19.4. The van der Waals surface area contributed by atoms with E-state index in [1.807, 2.05) is 23.1 Å². The van der Waals surface area contributed by atoms with Crippen LogP contribution in [0.3, 0.4) is 0 Å². The van der Waals surface area contributed by atoms with E-state index < -0.39 is 23.5 Å². The largest absolute Gasteiger partial charge is 0.393 e. The van der Waals surface area contributed by atoms with Crippen LogP contribution in [0.1, 0.15) is 36.5 Å². The topological polar surface area (TPSA) is 58.4 Å². The van der Waals surface area contributed by atoms with Crippen molar-refractivity contribution in [1.29, 1.82) is 0 Å². The maximum atomic E-state index is 13.4. The summed E-state index contributed by atoms with van der Waals surface area (Å²) in [7, 11) is 0. The number of nitrogens with zero attached hydrogens (tertiary/aromatic N) is 1. The number of halogens is 4. The number of hydrogen-bond donors (Lipinski definition) is 2. The number of hydrogen-bond acceptors (Lipinski definition) is 3. The Morgan fingerprint density at radius 3 is 2.59 bits per heavy atom. The van der Waals surface area contributed by atoms with Gasteiger partial charge in [0, 0.05) is 24.3 Å². The molecule has 2 unspecified atom stereocenters. The number of amides is 1. The molecule has 2 aromatic carbocycles. The number of rotatable bonds is 4. The Hall–Kier alpha value is -2.87. The number of likely N-dealkylation sites (tertiary alicyclic amines) is 1. The third kappa shape index (κ3) is 4.50. The van der Waals surface area contributed by atoms with Crippen LogP contribution in [0.2, 0.25) is 0 Å². The van der Waals surface area contributed by atoms with Crippen molar-refractivity contribution in [2.75, 3.05) is 18.4 Å². The number of anilines is 1. The highest BCUT2D eigenvalue weighted by Crippen LogP contribution is 2.39. The van der Waals surface area contributed by atoms with Crippen molar-refractivity contribution >= 4 is 17.2 Å². The van der Waals surface area contributed by atoms with Crippen LogP contribution in [0, 0.1) is 11.7 Å². The monoisotopic (exact) mass is 447 g/mol. The first kappa shape index (κ1) is 22.3. The lowest BCUT2D eigenvalue weighted by Crippen LogP contribution is -2.48. The summed E-state index contributed by atoms with van der Waals surface area (Å²) >= 11 is 0. The van der Waals surface area contributed by atoms with Gasteiger partial charge in [0.05, 0.1) is 5.92 Å². The second-order valence-electron chi connectivity index (χ2n) is 8.75.